The van der Waals surface area contributed by atoms with Crippen molar-refractivity contribution < 1.29 is 23.5 Å². The Hall–Kier alpha value is -2.45. The number of anilines is 1. The summed E-state index contributed by atoms with van der Waals surface area (Å²) in [6.45, 7) is -0.576. The van der Waals surface area contributed by atoms with Crippen LogP contribution in [0.5, 0.6) is 0 Å². The van der Waals surface area contributed by atoms with Gasteiger partial charge in [0.05, 0.1) is 16.1 Å². The molecule has 0 unspecified atom stereocenters. The molecule has 0 saturated carbocycles. The lowest BCUT2D eigenvalue weighted by Gasteiger charge is -2.08. The van der Waals surface area contributed by atoms with Crippen molar-refractivity contribution in [3.63, 3.8) is 0 Å². The molecule has 1 aliphatic carbocycles. The fourth-order valence-electron chi connectivity index (χ4n) is 2.78. The molecule has 0 fully saturated rings. The molecule has 2 amide bonds. The number of carbonyl (C=O) groups excluding carboxylic acids is 3. The van der Waals surface area contributed by atoms with Crippen molar-refractivity contribution in [1.82, 2.24) is 0 Å². The fraction of sp³-hybridized carbons (Fsp3) is 0.235. The third-order valence-corrected chi connectivity index (χ3v) is 5.43. The van der Waals surface area contributed by atoms with Gasteiger partial charge in [-0.1, -0.05) is 11.6 Å². The van der Waals surface area contributed by atoms with Crippen LogP contribution in [0.3, 0.4) is 0 Å². The van der Waals surface area contributed by atoms with E-state index in [1.807, 2.05) is 0 Å². The van der Waals surface area contributed by atoms with E-state index >= 15 is 0 Å². The molecule has 1 aliphatic rings. The summed E-state index contributed by atoms with van der Waals surface area (Å²) in [5.74, 6) is -2.66. The molecule has 0 atom stereocenters. The molecule has 1 aromatic heterocycles. The Morgan fingerprint density at radius 3 is 2.77 bits per heavy atom. The number of hydrogen-bond acceptors (Lipinski definition) is 5. The quantitative estimate of drug-likeness (QED) is 0.759. The molecule has 9 heteroatoms. The Morgan fingerprint density at radius 1 is 1.31 bits per heavy atom. The van der Waals surface area contributed by atoms with Crippen LogP contribution >= 0.6 is 22.9 Å². The van der Waals surface area contributed by atoms with Crippen LogP contribution in [0, 0.1) is 5.82 Å². The predicted molar refractivity (Wildman–Crippen MR) is 95.2 cm³/mol. The topological polar surface area (TPSA) is 98.5 Å². The van der Waals surface area contributed by atoms with Crippen molar-refractivity contribution in [1.29, 1.82) is 0 Å². The van der Waals surface area contributed by atoms with Crippen LogP contribution in [0.2, 0.25) is 5.02 Å². The van der Waals surface area contributed by atoms with E-state index in [4.69, 9.17) is 22.1 Å². The van der Waals surface area contributed by atoms with Gasteiger partial charge in [-0.05, 0) is 43.0 Å². The van der Waals surface area contributed by atoms with E-state index in [0.717, 1.165) is 41.8 Å². The molecule has 2 aromatic rings. The van der Waals surface area contributed by atoms with E-state index in [9.17, 15) is 18.8 Å². The highest BCUT2D eigenvalue weighted by Gasteiger charge is 2.26. The van der Waals surface area contributed by atoms with Crippen molar-refractivity contribution in [3.05, 3.63) is 50.6 Å². The molecule has 0 bridgehead atoms. The van der Waals surface area contributed by atoms with Crippen molar-refractivity contribution in [2.75, 3.05) is 11.9 Å². The van der Waals surface area contributed by atoms with Crippen LogP contribution < -0.4 is 11.1 Å². The van der Waals surface area contributed by atoms with Crippen molar-refractivity contribution in [2.24, 2.45) is 5.73 Å². The Morgan fingerprint density at radius 2 is 2.08 bits per heavy atom. The van der Waals surface area contributed by atoms with Gasteiger partial charge in [0, 0.05) is 4.88 Å². The predicted octanol–water partition coefficient (Wildman–Crippen LogP) is 2.92. The number of halogens is 2. The average molecular weight is 397 g/mol. The number of rotatable bonds is 5. The number of benzene rings is 1. The zero-order valence-electron chi connectivity index (χ0n) is 13.4. The van der Waals surface area contributed by atoms with Gasteiger partial charge in [-0.25, -0.2) is 9.18 Å². The van der Waals surface area contributed by atoms with Gasteiger partial charge in [-0.3, -0.25) is 9.59 Å². The highest BCUT2D eigenvalue weighted by Crippen LogP contribution is 2.38. The minimum Gasteiger partial charge on any atom is -0.452 e. The fourth-order valence-corrected chi connectivity index (χ4v) is 4.33. The van der Waals surface area contributed by atoms with Crippen LogP contribution in [0.15, 0.2) is 18.2 Å². The van der Waals surface area contributed by atoms with E-state index < -0.39 is 30.2 Å². The molecular formula is C17H14ClFN2O4S. The largest absolute Gasteiger partial charge is 0.452 e. The summed E-state index contributed by atoms with van der Waals surface area (Å²) in [5.41, 5.74) is 6.58. The Bertz CT molecular complexity index is 912. The molecule has 6 nitrogen and oxygen atoms in total. The summed E-state index contributed by atoms with van der Waals surface area (Å²) in [6.07, 6.45) is 2.54. The Kier molecular flexibility index (Phi) is 5.24. The van der Waals surface area contributed by atoms with Gasteiger partial charge >= 0.3 is 5.97 Å². The van der Waals surface area contributed by atoms with Crippen LogP contribution in [0.4, 0.5) is 9.39 Å². The van der Waals surface area contributed by atoms with Gasteiger partial charge in [0.15, 0.2) is 6.61 Å². The zero-order chi connectivity index (χ0) is 18.8. The van der Waals surface area contributed by atoms with Gasteiger partial charge in [0.2, 0.25) is 0 Å². The lowest BCUT2D eigenvalue weighted by Crippen LogP contribution is -2.22. The zero-order valence-corrected chi connectivity index (χ0v) is 15.0. The number of hydrogen-bond donors (Lipinski definition) is 2. The SMILES string of the molecule is NC(=O)c1c(NC(=O)COC(=O)c2ccc(F)cc2Cl)sc2c1CCC2. The van der Waals surface area contributed by atoms with E-state index in [-0.39, 0.29) is 10.6 Å². The summed E-state index contributed by atoms with van der Waals surface area (Å²) in [5, 5.41) is 2.81. The second-order valence-electron chi connectivity index (χ2n) is 5.67. The maximum absolute atomic E-state index is 13.0. The normalized spacial score (nSPS) is 12.5. The maximum Gasteiger partial charge on any atom is 0.340 e. The number of primary amides is 1. The number of thiophene rings is 1. The highest BCUT2D eigenvalue weighted by atomic mass is 35.5. The van der Waals surface area contributed by atoms with Gasteiger partial charge in [0.1, 0.15) is 10.8 Å². The third-order valence-electron chi connectivity index (χ3n) is 3.91. The van der Waals surface area contributed by atoms with Crippen molar-refractivity contribution in [3.8, 4) is 0 Å². The van der Waals surface area contributed by atoms with Crippen LogP contribution in [0.1, 0.15) is 37.6 Å². The second kappa shape index (κ2) is 7.43. The smallest absolute Gasteiger partial charge is 0.340 e. The van der Waals surface area contributed by atoms with Gasteiger partial charge < -0.3 is 15.8 Å². The monoisotopic (exact) mass is 396 g/mol. The standard InChI is InChI=1S/C17H14ClFN2O4S/c18-11-6-8(19)4-5-9(11)17(24)25-7-13(22)21-16-14(15(20)23)10-2-1-3-12(10)26-16/h4-6H,1-3,7H2,(H2,20,23)(H,21,22). The summed E-state index contributed by atoms with van der Waals surface area (Å²) < 4.78 is 17.9. The summed E-state index contributed by atoms with van der Waals surface area (Å²) in [4.78, 5) is 36.7. The minimum absolute atomic E-state index is 0.0474. The first kappa shape index (κ1) is 18.3. The number of nitrogens with one attached hydrogen (secondary N) is 1. The molecule has 1 aromatic carbocycles. The molecule has 3 rings (SSSR count). The Labute approximate surface area is 157 Å². The minimum atomic E-state index is -0.853. The van der Waals surface area contributed by atoms with Gasteiger partial charge in [-0.15, -0.1) is 11.3 Å². The van der Waals surface area contributed by atoms with E-state index in [0.29, 0.717) is 10.6 Å². The molecule has 1 heterocycles. The molecule has 3 N–H and O–H groups in total. The molecule has 0 radical (unpaired) electrons. The molecule has 136 valence electrons. The summed E-state index contributed by atoms with van der Waals surface area (Å²) in [6, 6.07) is 3.21. The average Bonchev–Trinajstić information content (AvgIpc) is 3.12. The van der Waals surface area contributed by atoms with Gasteiger partial charge in [-0.2, -0.15) is 0 Å². The number of nitrogens with two attached hydrogens (primary N) is 1. The number of amides is 2. The molecule has 26 heavy (non-hydrogen) atoms. The molecule has 0 spiro atoms. The molecule has 0 aliphatic heterocycles. The highest BCUT2D eigenvalue weighted by molar-refractivity contribution is 7.17. The molecule has 0 saturated heterocycles. The number of ether oxygens (including phenoxy) is 1. The van der Waals surface area contributed by atoms with E-state index in [2.05, 4.69) is 5.32 Å². The maximum atomic E-state index is 13.0. The van der Waals surface area contributed by atoms with Crippen LogP contribution in [-0.4, -0.2) is 24.4 Å². The van der Waals surface area contributed by atoms with Crippen LogP contribution in [-0.2, 0) is 22.4 Å². The first-order valence-corrected chi connectivity index (χ1v) is 8.92. The molecular weight excluding hydrogens is 383 g/mol. The lowest BCUT2D eigenvalue weighted by atomic mass is 10.1. The number of carbonyl (C=O) groups is 3. The first-order valence-electron chi connectivity index (χ1n) is 7.73. The van der Waals surface area contributed by atoms with Crippen molar-refractivity contribution in [2.45, 2.75) is 19.3 Å². The summed E-state index contributed by atoms with van der Waals surface area (Å²) >= 11 is 7.08. The summed E-state index contributed by atoms with van der Waals surface area (Å²) in [7, 11) is 0. The Balaban J connectivity index is 1.65. The van der Waals surface area contributed by atoms with E-state index in [1.165, 1.54) is 17.4 Å². The van der Waals surface area contributed by atoms with Crippen molar-refractivity contribution >= 4 is 45.7 Å². The van der Waals surface area contributed by atoms with Gasteiger partial charge in [0.25, 0.3) is 11.8 Å². The number of aryl methyl sites for hydroxylation is 1. The third kappa shape index (κ3) is 3.71. The first-order chi connectivity index (χ1) is 12.4. The lowest BCUT2D eigenvalue weighted by molar-refractivity contribution is -0.119. The number of esters is 1. The van der Waals surface area contributed by atoms with E-state index in [1.54, 1.807) is 0 Å². The van der Waals surface area contributed by atoms with Crippen LogP contribution in [0.25, 0.3) is 0 Å². The number of fused-ring (bicyclic) bond motifs is 1. The second-order valence-corrected chi connectivity index (χ2v) is 7.19.